The number of halogens is 2. The van der Waals surface area contributed by atoms with E-state index in [9.17, 15) is 18.5 Å². The van der Waals surface area contributed by atoms with E-state index >= 15 is 0 Å². The SMILES string of the molecule is CCCC/C=C/C(=O)N(F)C(Cc1ccccc1F)C(=O)O. The molecular formula is C16H19F2NO3. The van der Waals surface area contributed by atoms with Crippen LogP contribution in [0.2, 0.25) is 0 Å². The van der Waals surface area contributed by atoms with E-state index in [2.05, 4.69) is 0 Å². The Morgan fingerprint density at radius 2 is 2.05 bits per heavy atom. The first-order chi connectivity index (χ1) is 10.5. The average molecular weight is 311 g/mol. The van der Waals surface area contributed by atoms with E-state index in [4.69, 9.17) is 5.11 Å². The molecular weight excluding hydrogens is 292 g/mol. The van der Waals surface area contributed by atoms with Crippen LogP contribution in [0.15, 0.2) is 36.4 Å². The molecule has 1 N–H and O–H groups in total. The van der Waals surface area contributed by atoms with Crippen molar-refractivity contribution in [3.8, 4) is 0 Å². The van der Waals surface area contributed by atoms with E-state index in [0.29, 0.717) is 6.42 Å². The molecule has 1 unspecified atom stereocenters. The highest BCUT2D eigenvalue weighted by Crippen LogP contribution is 2.14. The van der Waals surface area contributed by atoms with E-state index < -0.39 is 30.2 Å². The molecule has 1 atom stereocenters. The summed E-state index contributed by atoms with van der Waals surface area (Å²) in [5.41, 5.74) is 0.0420. The minimum atomic E-state index is -1.76. The first kappa shape index (κ1) is 17.8. The Labute approximate surface area is 128 Å². The molecule has 0 saturated heterocycles. The van der Waals surface area contributed by atoms with Crippen molar-refractivity contribution in [2.24, 2.45) is 0 Å². The number of allylic oxidation sites excluding steroid dienone is 1. The van der Waals surface area contributed by atoms with Crippen molar-refractivity contribution in [1.29, 1.82) is 0 Å². The first-order valence-corrected chi connectivity index (χ1v) is 7.09. The summed E-state index contributed by atoms with van der Waals surface area (Å²) in [6, 6.07) is 3.72. The smallest absolute Gasteiger partial charge is 0.329 e. The Morgan fingerprint density at radius 3 is 2.64 bits per heavy atom. The molecule has 0 aliphatic rings. The molecule has 1 aromatic carbocycles. The van der Waals surface area contributed by atoms with Crippen LogP contribution >= 0.6 is 0 Å². The zero-order valence-electron chi connectivity index (χ0n) is 12.3. The molecule has 0 bridgehead atoms. The summed E-state index contributed by atoms with van der Waals surface area (Å²) in [5, 5.41) is 8.71. The summed E-state index contributed by atoms with van der Waals surface area (Å²) < 4.78 is 27.5. The predicted octanol–water partition coefficient (Wildman–Crippen LogP) is 3.28. The fourth-order valence-electron chi connectivity index (χ4n) is 1.87. The number of carboxylic acid groups (broad SMARTS) is 1. The zero-order chi connectivity index (χ0) is 16.5. The lowest BCUT2D eigenvalue weighted by Crippen LogP contribution is -2.40. The van der Waals surface area contributed by atoms with Crippen LogP contribution in [0.5, 0.6) is 0 Å². The van der Waals surface area contributed by atoms with Gasteiger partial charge in [-0.05, 0) is 18.1 Å². The zero-order valence-corrected chi connectivity index (χ0v) is 12.3. The second-order valence-electron chi connectivity index (χ2n) is 4.84. The van der Waals surface area contributed by atoms with E-state index in [0.717, 1.165) is 25.0 Å². The molecule has 0 radical (unpaired) electrons. The summed E-state index contributed by atoms with van der Waals surface area (Å²) >= 11 is 0. The third-order valence-electron chi connectivity index (χ3n) is 3.13. The fourth-order valence-corrected chi connectivity index (χ4v) is 1.87. The monoisotopic (exact) mass is 311 g/mol. The predicted molar refractivity (Wildman–Crippen MR) is 78.1 cm³/mol. The van der Waals surface area contributed by atoms with Crippen molar-refractivity contribution >= 4 is 11.9 Å². The van der Waals surface area contributed by atoms with Crippen LogP contribution in [0.3, 0.4) is 0 Å². The quantitative estimate of drug-likeness (QED) is 0.455. The van der Waals surface area contributed by atoms with Gasteiger partial charge in [0, 0.05) is 12.5 Å². The second kappa shape index (κ2) is 8.92. The minimum absolute atomic E-state index is 0.0420. The van der Waals surface area contributed by atoms with Gasteiger partial charge in [-0.2, -0.15) is 5.12 Å². The molecule has 120 valence electrons. The molecule has 0 heterocycles. The number of rotatable bonds is 8. The molecule has 22 heavy (non-hydrogen) atoms. The van der Waals surface area contributed by atoms with Crippen molar-refractivity contribution < 1.29 is 23.6 Å². The van der Waals surface area contributed by atoms with Crippen LogP contribution < -0.4 is 0 Å². The van der Waals surface area contributed by atoms with Crippen LogP contribution in [0.25, 0.3) is 0 Å². The van der Waals surface area contributed by atoms with E-state index in [1.807, 2.05) is 6.92 Å². The average Bonchev–Trinajstić information content (AvgIpc) is 2.49. The van der Waals surface area contributed by atoms with Crippen LogP contribution in [-0.4, -0.2) is 28.1 Å². The van der Waals surface area contributed by atoms with Gasteiger partial charge in [-0.1, -0.05) is 48.5 Å². The van der Waals surface area contributed by atoms with Gasteiger partial charge in [-0.3, -0.25) is 4.79 Å². The van der Waals surface area contributed by atoms with Gasteiger partial charge in [0.25, 0.3) is 5.91 Å². The van der Waals surface area contributed by atoms with Crippen LogP contribution in [-0.2, 0) is 16.0 Å². The van der Waals surface area contributed by atoms with Crippen molar-refractivity contribution in [2.75, 3.05) is 0 Å². The van der Waals surface area contributed by atoms with Gasteiger partial charge in [-0.25, -0.2) is 9.18 Å². The summed E-state index contributed by atoms with van der Waals surface area (Å²) in [7, 11) is 0. The molecule has 0 fully saturated rings. The van der Waals surface area contributed by atoms with Gasteiger partial charge in [0.05, 0.1) is 0 Å². The third kappa shape index (κ3) is 5.27. The number of amides is 1. The van der Waals surface area contributed by atoms with E-state index in [-0.39, 0.29) is 10.7 Å². The Kier molecular flexibility index (Phi) is 7.22. The van der Waals surface area contributed by atoms with Crippen LogP contribution in [0, 0.1) is 5.82 Å². The van der Waals surface area contributed by atoms with Gasteiger partial charge in [0.15, 0.2) is 6.04 Å². The highest BCUT2D eigenvalue weighted by molar-refractivity contribution is 5.90. The van der Waals surface area contributed by atoms with Gasteiger partial charge >= 0.3 is 5.97 Å². The maximum atomic E-state index is 14.0. The molecule has 4 nitrogen and oxygen atoms in total. The number of aliphatic carboxylic acids is 1. The largest absolute Gasteiger partial charge is 0.480 e. The number of benzene rings is 1. The van der Waals surface area contributed by atoms with Crippen molar-refractivity contribution in [1.82, 2.24) is 5.12 Å². The number of nitrogens with zero attached hydrogens (tertiary/aromatic N) is 1. The van der Waals surface area contributed by atoms with Gasteiger partial charge in [0.1, 0.15) is 5.82 Å². The van der Waals surface area contributed by atoms with Gasteiger partial charge < -0.3 is 5.11 Å². The van der Waals surface area contributed by atoms with Crippen LogP contribution in [0.4, 0.5) is 8.87 Å². The lowest BCUT2D eigenvalue weighted by atomic mass is 10.1. The number of hydrogen-bond acceptors (Lipinski definition) is 2. The number of carboxylic acids is 1. The molecule has 1 rings (SSSR count). The number of carbonyl (C=O) groups is 2. The Bertz CT molecular complexity index is 546. The molecule has 0 aliphatic carbocycles. The highest BCUT2D eigenvalue weighted by atomic mass is 19.2. The van der Waals surface area contributed by atoms with E-state index in [1.54, 1.807) is 0 Å². The fraction of sp³-hybridized carbons (Fsp3) is 0.375. The highest BCUT2D eigenvalue weighted by Gasteiger charge is 2.30. The first-order valence-electron chi connectivity index (χ1n) is 7.09. The topological polar surface area (TPSA) is 57.6 Å². The van der Waals surface area contributed by atoms with Gasteiger partial charge in [0.2, 0.25) is 0 Å². The van der Waals surface area contributed by atoms with Crippen molar-refractivity contribution in [3.63, 3.8) is 0 Å². The molecule has 6 heteroatoms. The standard InChI is InChI=1S/C16H19F2NO3/c1-2-3-4-5-10-15(20)19(18)14(16(21)22)11-12-8-6-7-9-13(12)17/h5-10,14H,2-4,11H2,1H3,(H,21,22)/b10-5+. The normalized spacial score (nSPS) is 12.3. The Balaban J connectivity index is 2.78. The second-order valence-corrected chi connectivity index (χ2v) is 4.84. The lowest BCUT2D eigenvalue weighted by Gasteiger charge is -2.19. The summed E-state index contributed by atoms with van der Waals surface area (Å²) in [4.78, 5) is 22.8. The molecule has 1 aromatic rings. The molecule has 0 aromatic heterocycles. The number of hydrogen-bond donors (Lipinski definition) is 1. The van der Waals surface area contributed by atoms with E-state index in [1.165, 1.54) is 24.3 Å². The lowest BCUT2D eigenvalue weighted by molar-refractivity contribution is -0.162. The maximum absolute atomic E-state index is 14.0. The Morgan fingerprint density at radius 1 is 1.36 bits per heavy atom. The molecule has 0 spiro atoms. The Hall–Kier alpha value is -2.24. The molecule has 0 saturated carbocycles. The van der Waals surface area contributed by atoms with Crippen LogP contribution in [0.1, 0.15) is 31.7 Å². The van der Waals surface area contributed by atoms with Gasteiger partial charge in [-0.15, -0.1) is 0 Å². The maximum Gasteiger partial charge on any atom is 0.329 e. The summed E-state index contributed by atoms with van der Waals surface area (Å²) in [6.45, 7) is 1.98. The van der Waals surface area contributed by atoms with Crippen molar-refractivity contribution in [3.05, 3.63) is 47.8 Å². The number of carbonyl (C=O) groups excluding carboxylic acids is 1. The van der Waals surface area contributed by atoms with Crippen molar-refractivity contribution in [2.45, 2.75) is 38.6 Å². The third-order valence-corrected chi connectivity index (χ3v) is 3.13. The minimum Gasteiger partial charge on any atom is -0.480 e. The number of unbranched alkanes of at least 4 members (excludes halogenated alkanes) is 2. The summed E-state index contributed by atoms with van der Waals surface area (Å²) in [5.74, 6) is -3.21. The molecule has 1 amide bonds. The molecule has 0 aliphatic heterocycles. The summed E-state index contributed by atoms with van der Waals surface area (Å²) in [6.07, 6.45) is 4.47.